The molecule has 0 radical (unpaired) electrons. The molecule has 0 bridgehead atoms. The summed E-state index contributed by atoms with van der Waals surface area (Å²) in [5, 5.41) is 0.464. The van der Waals surface area contributed by atoms with Gasteiger partial charge in [-0.3, -0.25) is 9.59 Å². The topological polar surface area (TPSA) is 55.8 Å². The summed E-state index contributed by atoms with van der Waals surface area (Å²) in [6.45, 7) is 4.46. The van der Waals surface area contributed by atoms with Gasteiger partial charge in [-0.1, -0.05) is 17.7 Å². The molecule has 0 aliphatic heterocycles. The maximum absolute atomic E-state index is 12.1. The Balaban J connectivity index is 2.54. The predicted octanol–water partition coefficient (Wildman–Crippen LogP) is 2.44. The van der Waals surface area contributed by atoms with Crippen molar-refractivity contribution in [3.8, 4) is 5.75 Å². The van der Waals surface area contributed by atoms with Crippen molar-refractivity contribution in [3.63, 3.8) is 0 Å². The zero-order valence-corrected chi connectivity index (χ0v) is 13.3. The monoisotopic (exact) mass is 313 g/mol. The predicted molar refractivity (Wildman–Crippen MR) is 80.6 cm³/mol. The van der Waals surface area contributed by atoms with E-state index in [1.54, 1.807) is 17.0 Å². The zero-order valence-electron chi connectivity index (χ0n) is 12.5. The van der Waals surface area contributed by atoms with Crippen LogP contribution < -0.4 is 4.74 Å². The van der Waals surface area contributed by atoms with E-state index in [4.69, 9.17) is 16.3 Å². The van der Waals surface area contributed by atoms with Crippen molar-refractivity contribution in [2.75, 3.05) is 26.8 Å². The van der Waals surface area contributed by atoms with Gasteiger partial charge in [-0.15, -0.1) is 0 Å². The second kappa shape index (κ2) is 8.52. The van der Waals surface area contributed by atoms with Crippen LogP contribution in [0.2, 0.25) is 5.02 Å². The van der Waals surface area contributed by atoms with Gasteiger partial charge in [0.15, 0.2) is 6.61 Å². The molecular formula is C15H20ClNO4. The van der Waals surface area contributed by atoms with E-state index in [1.165, 1.54) is 7.11 Å². The lowest BCUT2D eigenvalue weighted by molar-refractivity contribution is -0.142. The first kappa shape index (κ1) is 17.3. The van der Waals surface area contributed by atoms with E-state index in [0.29, 0.717) is 23.9 Å². The average molecular weight is 314 g/mol. The first-order valence-electron chi connectivity index (χ1n) is 6.71. The van der Waals surface area contributed by atoms with Crippen LogP contribution in [0.3, 0.4) is 0 Å². The molecule has 1 rings (SSSR count). The summed E-state index contributed by atoms with van der Waals surface area (Å²) in [6, 6.07) is 5.37. The number of methoxy groups -OCH3 is 1. The van der Waals surface area contributed by atoms with Gasteiger partial charge in [-0.25, -0.2) is 0 Å². The van der Waals surface area contributed by atoms with E-state index in [-0.39, 0.29) is 24.9 Å². The minimum Gasteiger partial charge on any atom is -0.482 e. The lowest BCUT2D eigenvalue weighted by atomic mass is 10.2. The van der Waals surface area contributed by atoms with Gasteiger partial charge in [-0.2, -0.15) is 0 Å². The number of carbonyl (C=O) groups excluding carboxylic acids is 2. The zero-order chi connectivity index (χ0) is 15.8. The third-order valence-electron chi connectivity index (χ3n) is 2.99. The van der Waals surface area contributed by atoms with E-state index >= 15 is 0 Å². The molecule has 6 heteroatoms. The Bertz CT molecular complexity index is 504. The molecule has 0 spiro atoms. The number of amides is 1. The summed E-state index contributed by atoms with van der Waals surface area (Å²) < 4.78 is 10.0. The fraction of sp³-hybridized carbons (Fsp3) is 0.467. The number of aryl methyl sites for hydroxylation is 1. The molecule has 0 saturated heterocycles. The van der Waals surface area contributed by atoms with Gasteiger partial charge in [-0.05, 0) is 31.5 Å². The molecule has 0 N–H and O–H groups in total. The molecule has 0 atom stereocenters. The Morgan fingerprint density at radius 2 is 2.05 bits per heavy atom. The van der Waals surface area contributed by atoms with Crippen molar-refractivity contribution in [1.29, 1.82) is 0 Å². The fourth-order valence-electron chi connectivity index (χ4n) is 1.74. The van der Waals surface area contributed by atoms with Crippen LogP contribution in [0.15, 0.2) is 18.2 Å². The highest BCUT2D eigenvalue weighted by Crippen LogP contribution is 2.25. The third-order valence-corrected chi connectivity index (χ3v) is 3.30. The first-order valence-corrected chi connectivity index (χ1v) is 7.09. The minimum atomic E-state index is -0.344. The molecule has 1 amide bonds. The molecule has 21 heavy (non-hydrogen) atoms. The highest BCUT2D eigenvalue weighted by Gasteiger charge is 2.15. The van der Waals surface area contributed by atoms with Crippen LogP contribution >= 0.6 is 11.6 Å². The molecular weight excluding hydrogens is 294 g/mol. The number of esters is 1. The molecule has 1 aromatic carbocycles. The number of nitrogens with zero attached hydrogens (tertiary/aromatic N) is 1. The quantitative estimate of drug-likeness (QED) is 0.726. The Morgan fingerprint density at radius 1 is 1.33 bits per heavy atom. The highest BCUT2D eigenvalue weighted by atomic mass is 35.5. The molecule has 0 unspecified atom stereocenters. The second-order valence-corrected chi connectivity index (χ2v) is 4.93. The number of hydrogen-bond acceptors (Lipinski definition) is 4. The molecule has 0 aliphatic rings. The summed E-state index contributed by atoms with van der Waals surface area (Å²) in [6.07, 6.45) is 0.168. The van der Waals surface area contributed by atoms with E-state index < -0.39 is 0 Å². The molecule has 0 aromatic heterocycles. The number of ether oxygens (including phenoxy) is 2. The van der Waals surface area contributed by atoms with Crippen molar-refractivity contribution in [2.24, 2.45) is 0 Å². The number of benzene rings is 1. The molecule has 0 heterocycles. The minimum absolute atomic E-state index is 0.113. The Labute approximate surface area is 129 Å². The van der Waals surface area contributed by atoms with Crippen molar-refractivity contribution >= 4 is 23.5 Å². The van der Waals surface area contributed by atoms with Crippen molar-refractivity contribution in [3.05, 3.63) is 28.8 Å². The smallest absolute Gasteiger partial charge is 0.307 e. The van der Waals surface area contributed by atoms with Crippen molar-refractivity contribution in [1.82, 2.24) is 4.90 Å². The van der Waals surface area contributed by atoms with Crippen LogP contribution in [-0.2, 0) is 14.3 Å². The summed E-state index contributed by atoms with van der Waals surface area (Å²) >= 11 is 6.00. The highest BCUT2D eigenvalue weighted by molar-refractivity contribution is 6.32. The van der Waals surface area contributed by atoms with E-state index in [9.17, 15) is 9.59 Å². The van der Waals surface area contributed by atoms with Gasteiger partial charge < -0.3 is 14.4 Å². The Kier molecular flexibility index (Phi) is 7.02. The lowest BCUT2D eigenvalue weighted by Gasteiger charge is -2.20. The molecule has 1 aromatic rings. The Hall–Kier alpha value is -1.75. The van der Waals surface area contributed by atoms with Gasteiger partial charge in [0.2, 0.25) is 0 Å². The number of rotatable bonds is 7. The molecule has 0 saturated carbocycles. The van der Waals surface area contributed by atoms with Crippen LogP contribution in [0.1, 0.15) is 18.9 Å². The maximum Gasteiger partial charge on any atom is 0.307 e. The Morgan fingerprint density at radius 3 is 2.67 bits per heavy atom. The lowest BCUT2D eigenvalue weighted by Crippen LogP contribution is -2.36. The van der Waals surface area contributed by atoms with E-state index in [0.717, 1.165) is 5.56 Å². The maximum atomic E-state index is 12.1. The third kappa shape index (κ3) is 5.63. The van der Waals surface area contributed by atoms with E-state index in [1.807, 2.05) is 19.9 Å². The molecule has 5 nitrogen and oxygen atoms in total. The van der Waals surface area contributed by atoms with Gasteiger partial charge in [0.05, 0.1) is 18.6 Å². The van der Waals surface area contributed by atoms with Gasteiger partial charge in [0.25, 0.3) is 5.91 Å². The normalized spacial score (nSPS) is 10.1. The van der Waals surface area contributed by atoms with Crippen molar-refractivity contribution in [2.45, 2.75) is 20.3 Å². The van der Waals surface area contributed by atoms with Gasteiger partial charge in [0.1, 0.15) is 5.75 Å². The van der Waals surface area contributed by atoms with Crippen LogP contribution in [0, 0.1) is 6.92 Å². The second-order valence-electron chi connectivity index (χ2n) is 4.52. The average Bonchev–Trinajstić information content (AvgIpc) is 2.48. The largest absolute Gasteiger partial charge is 0.482 e. The summed E-state index contributed by atoms with van der Waals surface area (Å²) in [7, 11) is 1.32. The number of halogens is 1. The van der Waals surface area contributed by atoms with Crippen LogP contribution in [-0.4, -0.2) is 43.6 Å². The number of hydrogen-bond donors (Lipinski definition) is 0. The molecule has 0 aliphatic carbocycles. The van der Waals surface area contributed by atoms with Crippen LogP contribution in [0.5, 0.6) is 5.75 Å². The summed E-state index contributed by atoms with van der Waals surface area (Å²) in [5.74, 6) is -0.0584. The summed E-state index contributed by atoms with van der Waals surface area (Å²) in [5.41, 5.74) is 1.000. The first-order chi connectivity index (χ1) is 9.97. The fourth-order valence-corrected chi connectivity index (χ4v) is 1.91. The van der Waals surface area contributed by atoms with Crippen LogP contribution in [0.4, 0.5) is 0 Å². The SMILES string of the molecule is CCN(CCC(=O)OC)C(=O)COc1cc(C)ccc1Cl. The van der Waals surface area contributed by atoms with Gasteiger partial charge in [0, 0.05) is 13.1 Å². The van der Waals surface area contributed by atoms with Crippen LogP contribution in [0.25, 0.3) is 0 Å². The summed E-state index contributed by atoms with van der Waals surface area (Å²) in [4.78, 5) is 24.7. The van der Waals surface area contributed by atoms with Gasteiger partial charge >= 0.3 is 5.97 Å². The van der Waals surface area contributed by atoms with E-state index in [2.05, 4.69) is 4.74 Å². The number of likely N-dealkylation sites (N-methyl/N-ethyl adjacent to an activating group) is 1. The van der Waals surface area contributed by atoms with Crippen molar-refractivity contribution < 1.29 is 19.1 Å². The molecule has 0 fully saturated rings. The number of carbonyl (C=O) groups is 2. The standard InChI is InChI=1S/C15H20ClNO4/c1-4-17(8-7-15(19)20-3)14(18)10-21-13-9-11(2)5-6-12(13)16/h5-6,9H,4,7-8,10H2,1-3H3. The molecule has 116 valence electrons.